The molecule has 0 saturated carbocycles. The van der Waals surface area contributed by atoms with Crippen molar-refractivity contribution in [1.82, 2.24) is 4.90 Å². The van der Waals surface area contributed by atoms with E-state index in [1.165, 1.54) is 0 Å². The van der Waals surface area contributed by atoms with E-state index in [1.807, 2.05) is 13.0 Å². The van der Waals surface area contributed by atoms with E-state index in [1.54, 1.807) is 48.5 Å². The molecule has 1 aromatic carbocycles. The summed E-state index contributed by atoms with van der Waals surface area (Å²) >= 11 is 0. The zero-order chi connectivity index (χ0) is 16.1. The summed E-state index contributed by atoms with van der Waals surface area (Å²) in [6, 6.07) is 9.98. The van der Waals surface area contributed by atoms with Crippen LogP contribution in [-0.4, -0.2) is 30.4 Å². The van der Waals surface area contributed by atoms with Gasteiger partial charge in [0.15, 0.2) is 6.61 Å². The smallest absolute Gasteiger partial charge is 0.255 e. The largest absolute Gasteiger partial charge is 0.484 e. The van der Waals surface area contributed by atoms with Gasteiger partial charge >= 0.3 is 0 Å². The van der Waals surface area contributed by atoms with Crippen molar-refractivity contribution >= 4 is 11.8 Å². The first kappa shape index (κ1) is 15.6. The van der Waals surface area contributed by atoms with E-state index in [9.17, 15) is 9.59 Å². The van der Waals surface area contributed by atoms with Crippen molar-refractivity contribution in [3.8, 4) is 5.75 Å². The molecule has 0 aliphatic heterocycles. The molecule has 1 heterocycles. The Morgan fingerprint density at radius 2 is 1.95 bits per heavy atom. The molecule has 0 spiro atoms. The van der Waals surface area contributed by atoms with Gasteiger partial charge in [-0.1, -0.05) is 0 Å². The number of amides is 2. The van der Waals surface area contributed by atoms with Gasteiger partial charge < -0.3 is 19.8 Å². The van der Waals surface area contributed by atoms with Crippen LogP contribution in [0.15, 0.2) is 47.1 Å². The zero-order valence-electron chi connectivity index (χ0n) is 12.5. The Morgan fingerprint density at radius 1 is 1.27 bits per heavy atom. The fraction of sp³-hybridized carbons (Fsp3) is 0.250. The van der Waals surface area contributed by atoms with Gasteiger partial charge in [-0.25, -0.2) is 0 Å². The van der Waals surface area contributed by atoms with Crippen molar-refractivity contribution < 1.29 is 18.7 Å². The van der Waals surface area contributed by atoms with Crippen LogP contribution in [0.5, 0.6) is 5.75 Å². The van der Waals surface area contributed by atoms with Crippen LogP contribution in [0.2, 0.25) is 0 Å². The lowest BCUT2D eigenvalue weighted by molar-refractivity contribution is -0.119. The van der Waals surface area contributed by atoms with Crippen LogP contribution in [0.1, 0.15) is 29.1 Å². The Kier molecular flexibility index (Phi) is 4.83. The minimum atomic E-state index is -0.549. The second-order valence-corrected chi connectivity index (χ2v) is 4.89. The predicted molar refractivity (Wildman–Crippen MR) is 80.3 cm³/mol. The van der Waals surface area contributed by atoms with Crippen LogP contribution in [0.3, 0.4) is 0 Å². The summed E-state index contributed by atoms with van der Waals surface area (Å²) < 4.78 is 10.5. The van der Waals surface area contributed by atoms with Gasteiger partial charge in [0.05, 0.1) is 12.3 Å². The molecule has 2 rings (SSSR count). The van der Waals surface area contributed by atoms with Crippen molar-refractivity contribution in [2.75, 3.05) is 13.7 Å². The van der Waals surface area contributed by atoms with Gasteiger partial charge in [-0.3, -0.25) is 9.59 Å². The van der Waals surface area contributed by atoms with E-state index < -0.39 is 5.91 Å². The van der Waals surface area contributed by atoms with E-state index >= 15 is 0 Å². The lowest BCUT2D eigenvalue weighted by Crippen LogP contribution is -2.29. The summed E-state index contributed by atoms with van der Waals surface area (Å²) in [6.07, 6.45) is 1.58. The van der Waals surface area contributed by atoms with Crippen LogP contribution in [-0.2, 0) is 4.79 Å². The molecule has 0 bridgehead atoms. The highest BCUT2D eigenvalue weighted by Crippen LogP contribution is 2.22. The van der Waals surface area contributed by atoms with E-state index in [0.717, 1.165) is 5.76 Å². The SMILES string of the molecule is C[C@H](c1ccco1)N(C)C(=O)c1ccc(OCC(N)=O)cc1. The zero-order valence-corrected chi connectivity index (χ0v) is 12.5. The topological polar surface area (TPSA) is 85.8 Å². The molecule has 6 nitrogen and oxygen atoms in total. The number of hydrogen-bond acceptors (Lipinski definition) is 4. The molecular weight excluding hydrogens is 284 g/mol. The fourth-order valence-corrected chi connectivity index (χ4v) is 1.95. The Balaban J connectivity index is 2.04. The number of nitrogens with zero attached hydrogens (tertiary/aromatic N) is 1. The van der Waals surface area contributed by atoms with Gasteiger partial charge in [0.25, 0.3) is 11.8 Å². The molecule has 0 radical (unpaired) electrons. The highest BCUT2D eigenvalue weighted by Gasteiger charge is 2.20. The quantitative estimate of drug-likeness (QED) is 0.884. The molecular formula is C16H18N2O4. The molecule has 6 heteroatoms. The van der Waals surface area contributed by atoms with Gasteiger partial charge in [0, 0.05) is 12.6 Å². The van der Waals surface area contributed by atoms with Crippen LogP contribution < -0.4 is 10.5 Å². The fourth-order valence-electron chi connectivity index (χ4n) is 1.95. The van der Waals surface area contributed by atoms with Gasteiger partial charge in [-0.2, -0.15) is 0 Å². The molecule has 0 aliphatic rings. The summed E-state index contributed by atoms with van der Waals surface area (Å²) in [5, 5.41) is 0. The van der Waals surface area contributed by atoms with Crippen LogP contribution >= 0.6 is 0 Å². The minimum Gasteiger partial charge on any atom is -0.484 e. The van der Waals surface area contributed by atoms with Crippen LogP contribution in [0.4, 0.5) is 0 Å². The number of rotatable bonds is 6. The second-order valence-electron chi connectivity index (χ2n) is 4.89. The first-order valence-corrected chi connectivity index (χ1v) is 6.80. The van der Waals surface area contributed by atoms with E-state index in [-0.39, 0.29) is 18.6 Å². The normalized spacial score (nSPS) is 11.7. The van der Waals surface area contributed by atoms with Crippen molar-refractivity contribution in [3.05, 3.63) is 54.0 Å². The molecule has 0 unspecified atom stereocenters. The van der Waals surface area contributed by atoms with Crippen LogP contribution in [0, 0.1) is 0 Å². The monoisotopic (exact) mass is 302 g/mol. The molecule has 0 fully saturated rings. The van der Waals surface area contributed by atoms with Gasteiger partial charge in [-0.15, -0.1) is 0 Å². The summed E-state index contributed by atoms with van der Waals surface area (Å²) in [4.78, 5) is 24.7. The van der Waals surface area contributed by atoms with Crippen molar-refractivity contribution in [2.24, 2.45) is 5.73 Å². The lowest BCUT2D eigenvalue weighted by atomic mass is 10.1. The highest BCUT2D eigenvalue weighted by atomic mass is 16.5. The average molecular weight is 302 g/mol. The predicted octanol–water partition coefficient (Wildman–Crippen LogP) is 1.98. The third kappa shape index (κ3) is 3.66. The second kappa shape index (κ2) is 6.80. The van der Waals surface area contributed by atoms with Crippen molar-refractivity contribution in [3.63, 3.8) is 0 Å². The first-order valence-electron chi connectivity index (χ1n) is 6.80. The number of ether oxygens (including phenoxy) is 1. The van der Waals surface area contributed by atoms with E-state index in [2.05, 4.69) is 0 Å². The number of hydrogen-bond donors (Lipinski definition) is 1. The number of nitrogens with two attached hydrogens (primary N) is 1. The number of carbonyl (C=O) groups excluding carboxylic acids is 2. The Hall–Kier alpha value is -2.76. The summed E-state index contributed by atoms with van der Waals surface area (Å²) in [5.41, 5.74) is 5.52. The van der Waals surface area contributed by atoms with Gasteiger partial charge in [0.1, 0.15) is 11.5 Å². The van der Waals surface area contributed by atoms with Crippen molar-refractivity contribution in [2.45, 2.75) is 13.0 Å². The van der Waals surface area contributed by atoms with Crippen molar-refractivity contribution in [1.29, 1.82) is 0 Å². The molecule has 2 amide bonds. The summed E-state index contributed by atoms with van der Waals surface area (Å²) in [6.45, 7) is 1.70. The number of carbonyl (C=O) groups is 2. The number of benzene rings is 1. The Morgan fingerprint density at radius 3 is 2.50 bits per heavy atom. The lowest BCUT2D eigenvalue weighted by Gasteiger charge is -2.23. The maximum atomic E-state index is 12.4. The third-order valence-electron chi connectivity index (χ3n) is 3.34. The molecule has 2 N–H and O–H groups in total. The molecule has 0 aliphatic carbocycles. The number of furan rings is 1. The van der Waals surface area contributed by atoms with E-state index in [4.69, 9.17) is 14.9 Å². The molecule has 22 heavy (non-hydrogen) atoms. The van der Waals surface area contributed by atoms with Gasteiger partial charge in [0.2, 0.25) is 0 Å². The summed E-state index contributed by atoms with van der Waals surface area (Å²) in [7, 11) is 1.72. The minimum absolute atomic E-state index is 0.134. The molecule has 2 aromatic rings. The van der Waals surface area contributed by atoms with E-state index in [0.29, 0.717) is 11.3 Å². The molecule has 116 valence electrons. The molecule has 0 saturated heterocycles. The first-order chi connectivity index (χ1) is 10.5. The summed E-state index contributed by atoms with van der Waals surface area (Å²) in [5.74, 6) is 0.520. The van der Waals surface area contributed by atoms with Gasteiger partial charge in [-0.05, 0) is 43.3 Å². The molecule has 1 aromatic heterocycles. The Bertz CT molecular complexity index is 635. The standard InChI is InChI=1S/C16H18N2O4/c1-11(14-4-3-9-21-14)18(2)16(20)12-5-7-13(8-6-12)22-10-15(17)19/h3-9,11H,10H2,1-2H3,(H2,17,19)/t11-/m1/s1. The Labute approximate surface area is 128 Å². The average Bonchev–Trinajstić information content (AvgIpc) is 3.05. The third-order valence-corrected chi connectivity index (χ3v) is 3.34. The molecule has 1 atom stereocenters. The van der Waals surface area contributed by atoms with Crippen LogP contribution in [0.25, 0.3) is 0 Å². The maximum Gasteiger partial charge on any atom is 0.255 e. The maximum absolute atomic E-state index is 12.4. The highest BCUT2D eigenvalue weighted by molar-refractivity contribution is 5.94. The number of primary amides is 1.